The fourth-order valence-corrected chi connectivity index (χ4v) is 2.84. The molecule has 126 valence electrons. The second kappa shape index (κ2) is 6.73. The maximum Gasteiger partial charge on any atom is 0.254 e. The topological polar surface area (TPSA) is 23.6 Å². The first-order valence-electron chi connectivity index (χ1n) is 7.40. The average molecular weight is 355 g/mol. The Hall–Kier alpha value is -2.21. The standard InChI is InChI=1S/C17H14ClF3N2O/c18-13-10-12(2-4-14(13)19)22-5-7-23(8-6-22)17(24)11-1-3-15(20)16(21)9-11/h1-4,9-10H,5-8H2. The van der Waals surface area contributed by atoms with Gasteiger partial charge in [-0.05, 0) is 36.4 Å². The number of benzene rings is 2. The molecule has 1 amide bonds. The number of carbonyl (C=O) groups excluding carboxylic acids is 1. The van der Waals surface area contributed by atoms with Crippen LogP contribution in [0.15, 0.2) is 36.4 Å². The summed E-state index contributed by atoms with van der Waals surface area (Å²) in [5, 5.41) is 0.0489. The van der Waals surface area contributed by atoms with Crippen molar-refractivity contribution in [3.05, 3.63) is 64.4 Å². The predicted octanol–water partition coefficient (Wildman–Crippen LogP) is 3.72. The molecule has 1 saturated heterocycles. The maximum atomic E-state index is 13.3. The van der Waals surface area contributed by atoms with Gasteiger partial charge in [-0.25, -0.2) is 13.2 Å². The highest BCUT2D eigenvalue weighted by Crippen LogP contribution is 2.24. The molecule has 0 aromatic heterocycles. The molecule has 1 fully saturated rings. The Balaban J connectivity index is 1.66. The van der Waals surface area contributed by atoms with E-state index in [0.717, 1.165) is 17.8 Å². The SMILES string of the molecule is O=C(c1ccc(F)c(F)c1)N1CCN(c2ccc(F)c(Cl)c2)CC1. The number of carbonyl (C=O) groups is 1. The van der Waals surface area contributed by atoms with Gasteiger partial charge in [0.25, 0.3) is 5.91 Å². The molecule has 0 saturated carbocycles. The smallest absolute Gasteiger partial charge is 0.254 e. The Morgan fingerprint density at radius 1 is 0.875 bits per heavy atom. The molecule has 3 rings (SSSR count). The van der Waals surface area contributed by atoms with Crippen LogP contribution in [0, 0.1) is 17.5 Å². The molecule has 0 spiro atoms. The van der Waals surface area contributed by atoms with Crippen molar-refractivity contribution in [3.63, 3.8) is 0 Å². The molecule has 0 bridgehead atoms. The van der Waals surface area contributed by atoms with Crippen LogP contribution in [0.3, 0.4) is 0 Å². The second-order valence-electron chi connectivity index (χ2n) is 5.51. The summed E-state index contributed by atoms with van der Waals surface area (Å²) in [5.41, 5.74) is 0.897. The summed E-state index contributed by atoms with van der Waals surface area (Å²) in [5.74, 6) is -2.84. The second-order valence-corrected chi connectivity index (χ2v) is 5.91. The van der Waals surface area contributed by atoms with Gasteiger partial charge in [0.1, 0.15) is 5.82 Å². The van der Waals surface area contributed by atoms with Crippen LogP contribution in [0.2, 0.25) is 5.02 Å². The molecule has 0 aliphatic carbocycles. The van der Waals surface area contributed by atoms with Gasteiger partial charge >= 0.3 is 0 Å². The van der Waals surface area contributed by atoms with E-state index in [1.54, 1.807) is 17.0 Å². The largest absolute Gasteiger partial charge is 0.368 e. The van der Waals surface area contributed by atoms with Gasteiger partial charge in [-0.3, -0.25) is 4.79 Å². The normalized spacial score (nSPS) is 14.8. The van der Waals surface area contributed by atoms with Crippen molar-refractivity contribution >= 4 is 23.2 Å². The molecule has 2 aromatic rings. The minimum atomic E-state index is -1.04. The monoisotopic (exact) mass is 354 g/mol. The molecular weight excluding hydrogens is 341 g/mol. The number of piperazine rings is 1. The molecule has 2 aromatic carbocycles. The first kappa shape index (κ1) is 16.6. The molecule has 1 heterocycles. The van der Waals surface area contributed by atoms with Crippen molar-refractivity contribution in [1.29, 1.82) is 0 Å². The van der Waals surface area contributed by atoms with E-state index >= 15 is 0 Å². The predicted molar refractivity (Wildman–Crippen MR) is 85.9 cm³/mol. The number of amides is 1. The Morgan fingerprint density at radius 2 is 1.54 bits per heavy atom. The lowest BCUT2D eigenvalue weighted by Crippen LogP contribution is -2.48. The van der Waals surface area contributed by atoms with Gasteiger partial charge in [-0.15, -0.1) is 0 Å². The fourth-order valence-electron chi connectivity index (χ4n) is 2.66. The van der Waals surface area contributed by atoms with E-state index in [4.69, 9.17) is 11.6 Å². The van der Waals surface area contributed by atoms with Crippen LogP contribution in [0.5, 0.6) is 0 Å². The maximum absolute atomic E-state index is 13.3. The number of hydrogen-bond donors (Lipinski definition) is 0. The molecular formula is C17H14ClF3N2O. The Bertz CT molecular complexity index is 776. The van der Waals surface area contributed by atoms with Crippen LogP contribution in [0.25, 0.3) is 0 Å². The molecule has 3 nitrogen and oxygen atoms in total. The summed E-state index contributed by atoms with van der Waals surface area (Å²) in [4.78, 5) is 15.9. The fraction of sp³-hybridized carbons (Fsp3) is 0.235. The van der Waals surface area contributed by atoms with Gasteiger partial charge in [0, 0.05) is 37.4 Å². The Kier molecular flexibility index (Phi) is 4.66. The molecule has 7 heteroatoms. The lowest BCUT2D eigenvalue weighted by molar-refractivity contribution is 0.0746. The van der Waals surface area contributed by atoms with Crippen molar-refractivity contribution < 1.29 is 18.0 Å². The number of anilines is 1. The third-order valence-corrected chi connectivity index (χ3v) is 4.29. The molecule has 1 aliphatic rings. The molecule has 0 radical (unpaired) electrons. The van der Waals surface area contributed by atoms with Crippen LogP contribution >= 0.6 is 11.6 Å². The number of hydrogen-bond acceptors (Lipinski definition) is 2. The van der Waals surface area contributed by atoms with Crippen LogP contribution < -0.4 is 4.90 Å². The molecule has 24 heavy (non-hydrogen) atoms. The highest BCUT2D eigenvalue weighted by molar-refractivity contribution is 6.31. The van der Waals surface area contributed by atoms with E-state index in [1.165, 1.54) is 12.1 Å². The number of nitrogens with zero attached hydrogens (tertiary/aromatic N) is 2. The molecule has 0 atom stereocenters. The molecule has 0 N–H and O–H groups in total. The first-order chi connectivity index (χ1) is 11.5. The van der Waals surface area contributed by atoms with Gasteiger partial charge in [0.05, 0.1) is 5.02 Å². The third kappa shape index (κ3) is 3.33. The lowest BCUT2D eigenvalue weighted by Gasteiger charge is -2.36. The quantitative estimate of drug-likeness (QED) is 0.820. The van der Waals surface area contributed by atoms with Crippen LogP contribution in [-0.4, -0.2) is 37.0 Å². The summed E-state index contributed by atoms with van der Waals surface area (Å²) < 4.78 is 39.4. The number of rotatable bonds is 2. The Labute approximate surface area is 142 Å². The highest BCUT2D eigenvalue weighted by Gasteiger charge is 2.23. The minimum absolute atomic E-state index is 0.0489. The zero-order valence-electron chi connectivity index (χ0n) is 12.6. The van der Waals surface area contributed by atoms with E-state index in [0.29, 0.717) is 26.2 Å². The lowest BCUT2D eigenvalue weighted by atomic mass is 10.1. The van der Waals surface area contributed by atoms with Crippen LogP contribution in [0.1, 0.15) is 10.4 Å². The van der Waals surface area contributed by atoms with Gasteiger partial charge in [-0.1, -0.05) is 11.6 Å². The first-order valence-corrected chi connectivity index (χ1v) is 7.78. The third-order valence-electron chi connectivity index (χ3n) is 4.00. The Morgan fingerprint density at radius 3 is 2.17 bits per heavy atom. The van der Waals surface area contributed by atoms with E-state index in [9.17, 15) is 18.0 Å². The van der Waals surface area contributed by atoms with Crippen LogP contribution in [0.4, 0.5) is 18.9 Å². The molecule has 0 unspecified atom stereocenters. The zero-order chi connectivity index (χ0) is 17.3. The summed E-state index contributed by atoms with van der Waals surface area (Å²) >= 11 is 5.79. The minimum Gasteiger partial charge on any atom is -0.368 e. The summed E-state index contributed by atoms with van der Waals surface area (Å²) in [7, 11) is 0. The van der Waals surface area contributed by atoms with Gasteiger partial charge < -0.3 is 9.80 Å². The molecule has 1 aliphatic heterocycles. The van der Waals surface area contributed by atoms with E-state index in [1.807, 2.05) is 4.90 Å². The average Bonchev–Trinajstić information content (AvgIpc) is 2.59. The van der Waals surface area contributed by atoms with E-state index in [2.05, 4.69) is 0 Å². The summed E-state index contributed by atoms with van der Waals surface area (Å²) in [6.45, 7) is 1.93. The highest BCUT2D eigenvalue weighted by atomic mass is 35.5. The van der Waals surface area contributed by atoms with Crippen molar-refractivity contribution in [3.8, 4) is 0 Å². The zero-order valence-corrected chi connectivity index (χ0v) is 13.4. The van der Waals surface area contributed by atoms with Crippen molar-refractivity contribution in [2.75, 3.05) is 31.1 Å². The van der Waals surface area contributed by atoms with Crippen molar-refractivity contribution in [2.24, 2.45) is 0 Å². The number of halogens is 4. The summed E-state index contributed by atoms with van der Waals surface area (Å²) in [6.07, 6.45) is 0. The van der Waals surface area contributed by atoms with E-state index < -0.39 is 17.5 Å². The van der Waals surface area contributed by atoms with E-state index in [-0.39, 0.29) is 16.5 Å². The summed E-state index contributed by atoms with van der Waals surface area (Å²) in [6, 6.07) is 7.60. The van der Waals surface area contributed by atoms with Crippen molar-refractivity contribution in [2.45, 2.75) is 0 Å². The van der Waals surface area contributed by atoms with Crippen molar-refractivity contribution in [1.82, 2.24) is 4.90 Å². The van der Waals surface area contributed by atoms with Gasteiger partial charge in [-0.2, -0.15) is 0 Å². The van der Waals surface area contributed by atoms with Crippen LogP contribution in [-0.2, 0) is 0 Å². The van der Waals surface area contributed by atoms with Gasteiger partial charge in [0.2, 0.25) is 0 Å². The van der Waals surface area contributed by atoms with Gasteiger partial charge in [0.15, 0.2) is 11.6 Å².